The highest BCUT2D eigenvalue weighted by Crippen LogP contribution is 2.40. The minimum absolute atomic E-state index is 0.0698. The molecule has 3 heterocycles. The number of ether oxygens (including phenoxy) is 1. The first-order chi connectivity index (χ1) is 20.5. The molecule has 2 aromatic heterocycles. The maximum absolute atomic E-state index is 13.0. The van der Waals surface area contributed by atoms with Crippen LogP contribution < -0.4 is 26.0 Å². The number of hydrogen-bond acceptors (Lipinski definition) is 10. The van der Waals surface area contributed by atoms with Gasteiger partial charge in [0.25, 0.3) is 11.8 Å². The Morgan fingerprint density at radius 1 is 1.09 bits per heavy atom. The van der Waals surface area contributed by atoms with Crippen LogP contribution in [0.15, 0.2) is 30.5 Å². The second-order valence-corrected chi connectivity index (χ2v) is 11.8. The van der Waals surface area contributed by atoms with Gasteiger partial charge in [0.05, 0.1) is 53.8 Å². The quantitative estimate of drug-likeness (QED) is 0.256. The lowest BCUT2D eigenvalue weighted by atomic mass is 9.49. The summed E-state index contributed by atoms with van der Waals surface area (Å²) in [7, 11) is 20.2. The van der Waals surface area contributed by atoms with Crippen molar-refractivity contribution in [3.63, 3.8) is 0 Å². The summed E-state index contributed by atoms with van der Waals surface area (Å²) in [5.74, 6) is -0.675. The van der Waals surface area contributed by atoms with Crippen molar-refractivity contribution in [1.29, 1.82) is 0 Å². The van der Waals surface area contributed by atoms with Gasteiger partial charge >= 0.3 is 0 Å². The maximum atomic E-state index is 13.0. The van der Waals surface area contributed by atoms with Gasteiger partial charge in [0.2, 0.25) is 5.91 Å². The largest absolute Gasteiger partial charge is 0.494 e. The Hall–Kier alpha value is -3.91. The summed E-state index contributed by atoms with van der Waals surface area (Å²) in [4.78, 5) is 45.4. The molecular formula is C27H29B3N8O4S. The van der Waals surface area contributed by atoms with Crippen LogP contribution in [-0.4, -0.2) is 99.9 Å². The normalized spacial score (nSPS) is 17.1. The Morgan fingerprint density at radius 3 is 2.58 bits per heavy atom. The predicted octanol–water partition coefficient (Wildman–Crippen LogP) is 1.37. The number of nitrogens with one attached hydrogen (secondary N) is 4. The fourth-order valence-electron chi connectivity index (χ4n) is 4.76. The van der Waals surface area contributed by atoms with E-state index in [1.807, 2.05) is 13.1 Å². The van der Waals surface area contributed by atoms with E-state index < -0.39 is 11.1 Å². The average molecular weight is 594 g/mol. The van der Waals surface area contributed by atoms with Gasteiger partial charge in [-0.25, -0.2) is 4.98 Å². The summed E-state index contributed by atoms with van der Waals surface area (Å²) in [6.07, 6.45) is 5.12. The topological polar surface area (TPSA) is 150 Å². The molecule has 3 amide bonds. The number of carbonyl (C=O) groups excluding carboxylic acids is 3. The van der Waals surface area contributed by atoms with Crippen molar-refractivity contribution in [3.05, 3.63) is 41.0 Å². The zero-order valence-electron chi connectivity index (χ0n) is 23.8. The maximum Gasteiger partial charge on any atom is 0.272 e. The van der Waals surface area contributed by atoms with Gasteiger partial charge in [-0.2, -0.15) is 0 Å². The van der Waals surface area contributed by atoms with Gasteiger partial charge in [-0.15, -0.1) is 21.5 Å². The van der Waals surface area contributed by atoms with Crippen molar-refractivity contribution in [1.82, 2.24) is 30.7 Å². The van der Waals surface area contributed by atoms with Gasteiger partial charge in [0, 0.05) is 24.6 Å². The van der Waals surface area contributed by atoms with Gasteiger partial charge in [-0.1, -0.05) is 11.3 Å². The third-order valence-electron chi connectivity index (χ3n) is 6.95. The van der Waals surface area contributed by atoms with Crippen molar-refractivity contribution >= 4 is 69.8 Å². The first kappa shape index (κ1) is 30.5. The zero-order chi connectivity index (χ0) is 30.7. The number of rotatable bonds is 10. The molecule has 2 fully saturated rings. The molecule has 1 atom stereocenters. The number of thiazole rings is 1. The van der Waals surface area contributed by atoms with Gasteiger partial charge in [-0.05, 0) is 51.4 Å². The molecule has 3 aromatic rings. The molecule has 5 rings (SSSR count). The van der Waals surface area contributed by atoms with E-state index >= 15 is 0 Å². The second kappa shape index (κ2) is 12.8. The number of nitrogens with zero attached hydrogens (tertiary/aromatic N) is 4. The fraction of sp³-hybridized carbons (Fsp3) is 0.407. The molecule has 0 bridgehead atoms. The Kier molecular flexibility index (Phi) is 9.07. The minimum Gasteiger partial charge on any atom is -0.494 e. The van der Waals surface area contributed by atoms with Crippen LogP contribution in [0.25, 0.3) is 10.6 Å². The lowest BCUT2D eigenvalue weighted by Crippen LogP contribution is -2.50. The third kappa shape index (κ3) is 7.74. The number of benzene rings is 1. The van der Waals surface area contributed by atoms with Crippen LogP contribution in [0.4, 0.5) is 17.2 Å². The number of likely N-dealkylation sites (N-methyl/N-ethyl adjacent to an activating group) is 1. The van der Waals surface area contributed by atoms with Gasteiger partial charge < -0.3 is 30.9 Å². The Morgan fingerprint density at radius 2 is 1.88 bits per heavy atom. The zero-order valence-corrected chi connectivity index (χ0v) is 24.7. The standard InChI is InChI=1S/C27H29B3N8O4S/c1-38-10-4-5-15(13-38)32-24(40)19-12-31-26(43-19)16-6-3-7-17(22(16)42-2)33-18-11-20(34-23(39)14-8-9-14)36-37-21(18)25(41)35-27(28,29)30/h3,6-7,11-12,14-15H,4-5,8-10,13H2,1-2H3,(H,32,40)(H,35,41)(H2,33,34,36,39). The molecular weight excluding hydrogens is 565 g/mol. The average Bonchev–Trinajstić information content (AvgIpc) is 3.68. The lowest BCUT2D eigenvalue weighted by molar-refractivity contribution is -0.117. The molecule has 12 nitrogen and oxygen atoms in total. The summed E-state index contributed by atoms with van der Waals surface area (Å²) >= 11 is 1.24. The van der Waals surface area contributed by atoms with Crippen LogP contribution in [0.5, 0.6) is 5.75 Å². The molecule has 1 aliphatic heterocycles. The number of aromatic nitrogens is 3. The summed E-state index contributed by atoms with van der Waals surface area (Å²) < 4.78 is 5.75. The number of carbonyl (C=O) groups is 3. The van der Waals surface area contributed by atoms with E-state index in [2.05, 4.69) is 41.3 Å². The van der Waals surface area contributed by atoms with E-state index in [-0.39, 0.29) is 41.0 Å². The Balaban J connectivity index is 1.42. The second-order valence-electron chi connectivity index (χ2n) is 10.8. The highest BCUT2D eigenvalue weighted by Gasteiger charge is 2.30. The summed E-state index contributed by atoms with van der Waals surface area (Å²) in [5, 5.41) is 17.7. The fourth-order valence-corrected chi connectivity index (χ4v) is 5.60. The van der Waals surface area contributed by atoms with Crippen molar-refractivity contribution < 1.29 is 19.1 Å². The first-order valence-corrected chi connectivity index (χ1v) is 14.6. The molecule has 16 heteroatoms. The van der Waals surface area contributed by atoms with Crippen molar-refractivity contribution in [2.24, 2.45) is 5.92 Å². The van der Waals surface area contributed by atoms with E-state index in [0.717, 1.165) is 38.8 Å². The van der Waals surface area contributed by atoms with Crippen LogP contribution in [-0.2, 0) is 4.79 Å². The Labute approximate surface area is 257 Å². The number of amides is 3. The van der Waals surface area contributed by atoms with Crippen LogP contribution >= 0.6 is 11.3 Å². The summed E-state index contributed by atoms with van der Waals surface area (Å²) in [6, 6.07) is 6.86. The van der Waals surface area contributed by atoms with Gasteiger partial charge in [0.1, 0.15) is 9.88 Å². The molecule has 1 aliphatic carbocycles. The molecule has 43 heavy (non-hydrogen) atoms. The number of hydrogen-bond donors (Lipinski definition) is 4. The van der Waals surface area contributed by atoms with Crippen molar-refractivity contribution in [2.75, 3.05) is 37.9 Å². The summed E-state index contributed by atoms with van der Waals surface area (Å²) in [5.41, 5.74) is 1.07. The molecule has 216 valence electrons. The van der Waals surface area contributed by atoms with E-state index in [4.69, 9.17) is 28.3 Å². The summed E-state index contributed by atoms with van der Waals surface area (Å²) in [6.45, 7) is 1.82. The van der Waals surface area contributed by atoms with E-state index in [1.165, 1.54) is 24.5 Å². The number of anilines is 3. The molecule has 4 N–H and O–H groups in total. The molecule has 6 radical (unpaired) electrons. The monoisotopic (exact) mass is 594 g/mol. The molecule has 1 saturated heterocycles. The SMILES string of the molecule is [B]C([B])([B])NC(=O)c1nnc(NC(=O)C2CC2)cc1Nc1cccc(-c2ncc(C(=O)NC3CCCN(C)C3)s2)c1OC. The number of likely N-dealkylation sites (tertiary alicyclic amines) is 1. The molecule has 0 spiro atoms. The van der Waals surface area contributed by atoms with Crippen LogP contribution in [0.1, 0.15) is 45.8 Å². The molecule has 1 aromatic carbocycles. The van der Waals surface area contributed by atoms with E-state index in [9.17, 15) is 14.4 Å². The number of methoxy groups -OCH3 is 1. The molecule has 1 unspecified atom stereocenters. The molecule has 2 aliphatic rings. The van der Waals surface area contributed by atoms with E-state index in [1.54, 1.807) is 18.3 Å². The van der Waals surface area contributed by atoms with Crippen molar-refractivity contribution in [3.8, 4) is 16.3 Å². The van der Waals surface area contributed by atoms with Crippen LogP contribution in [0, 0.1) is 5.92 Å². The highest BCUT2D eigenvalue weighted by atomic mass is 32.1. The van der Waals surface area contributed by atoms with Crippen molar-refractivity contribution in [2.45, 2.75) is 37.0 Å². The smallest absolute Gasteiger partial charge is 0.272 e. The van der Waals surface area contributed by atoms with Crippen LogP contribution in [0.3, 0.4) is 0 Å². The predicted molar refractivity (Wildman–Crippen MR) is 166 cm³/mol. The Bertz CT molecular complexity index is 1530. The molecule has 1 saturated carbocycles. The van der Waals surface area contributed by atoms with E-state index in [0.29, 0.717) is 26.9 Å². The minimum atomic E-state index is -2.01. The number of piperidine rings is 1. The van der Waals surface area contributed by atoms with Gasteiger partial charge in [0.15, 0.2) is 17.3 Å². The third-order valence-corrected chi connectivity index (χ3v) is 7.98. The lowest BCUT2D eigenvalue weighted by Gasteiger charge is -2.29. The van der Waals surface area contributed by atoms with Crippen LogP contribution in [0.2, 0.25) is 0 Å². The first-order valence-electron chi connectivity index (χ1n) is 13.8. The van der Waals surface area contributed by atoms with Gasteiger partial charge in [-0.3, -0.25) is 14.4 Å². The number of para-hydroxylation sites is 1. The highest BCUT2D eigenvalue weighted by molar-refractivity contribution is 7.17.